The van der Waals surface area contributed by atoms with Crippen LogP contribution >= 0.6 is 11.6 Å². The van der Waals surface area contributed by atoms with E-state index in [0.29, 0.717) is 24.7 Å². The smallest absolute Gasteiger partial charge is 0.407 e. The maximum absolute atomic E-state index is 12.1. The number of halogens is 1. The van der Waals surface area contributed by atoms with Crippen molar-refractivity contribution in [1.29, 1.82) is 0 Å². The molecule has 0 unspecified atom stereocenters. The molecule has 3 aromatic carbocycles. The van der Waals surface area contributed by atoms with Crippen LogP contribution < -0.4 is 10.1 Å². The molecule has 4 aromatic rings. The lowest BCUT2D eigenvalue weighted by molar-refractivity contribution is -0.142. The Labute approximate surface area is 239 Å². The summed E-state index contributed by atoms with van der Waals surface area (Å²) in [7, 11) is 0. The lowest BCUT2D eigenvalue weighted by Gasteiger charge is -2.19. The molecule has 0 bridgehead atoms. The Morgan fingerprint density at radius 2 is 1.77 bits per heavy atom. The number of alkyl carbamates (subject to hydrolysis) is 1. The topological polar surface area (TPSA) is 87.0 Å². The number of alkyl halides is 1. The molecule has 40 heavy (non-hydrogen) atoms. The van der Waals surface area contributed by atoms with Gasteiger partial charge in [0.25, 0.3) is 0 Å². The average molecular weight is 564 g/mol. The summed E-state index contributed by atoms with van der Waals surface area (Å²) in [6.07, 6.45) is -0.334. The molecule has 0 spiro atoms. The maximum Gasteiger partial charge on any atom is 0.407 e. The van der Waals surface area contributed by atoms with Gasteiger partial charge in [0, 0.05) is 23.1 Å². The Hall–Kier alpha value is -3.97. The second-order valence-electron chi connectivity index (χ2n) is 10.3. The first kappa shape index (κ1) is 29.0. The lowest BCUT2D eigenvalue weighted by Crippen LogP contribution is -2.32. The summed E-state index contributed by atoms with van der Waals surface area (Å²) in [5.74, 6) is 1.25. The molecule has 0 aliphatic heterocycles. The van der Waals surface area contributed by atoms with Crippen molar-refractivity contribution in [3.63, 3.8) is 0 Å². The van der Waals surface area contributed by atoms with Crippen LogP contribution in [0.2, 0.25) is 0 Å². The van der Waals surface area contributed by atoms with Gasteiger partial charge in [0.05, 0.1) is 18.9 Å². The van der Waals surface area contributed by atoms with Gasteiger partial charge in [-0.15, -0.1) is 11.6 Å². The Kier molecular flexibility index (Phi) is 9.38. The number of amides is 1. The predicted octanol–water partition coefficient (Wildman–Crippen LogP) is 7.55. The molecule has 210 valence electrons. The quantitative estimate of drug-likeness (QED) is 0.158. The Morgan fingerprint density at radius 1 is 0.975 bits per heavy atom. The van der Waals surface area contributed by atoms with Gasteiger partial charge in [-0.25, -0.2) is 4.79 Å². The summed E-state index contributed by atoms with van der Waals surface area (Å²) in [5, 5.41) is 3.71. The number of para-hydroxylation sites is 1. The van der Waals surface area contributed by atoms with Crippen molar-refractivity contribution in [3.05, 3.63) is 89.2 Å². The molecule has 0 atom stereocenters. The first-order valence-corrected chi connectivity index (χ1v) is 13.7. The SMILES string of the molecule is CCOC(=O)Cc1ccccc1OCc1cc(-c2cccc(CNC(=O)OC(C)(C)C)c2)c2oc(CCl)cc2c1. The fraction of sp³-hybridized carbons (Fsp3) is 0.312. The van der Waals surface area contributed by atoms with E-state index < -0.39 is 11.7 Å². The van der Waals surface area contributed by atoms with Crippen molar-refractivity contribution in [2.45, 2.75) is 58.7 Å². The molecular formula is C32H34ClNO6. The first-order chi connectivity index (χ1) is 19.1. The van der Waals surface area contributed by atoms with Crippen LogP contribution in [0.15, 0.2) is 71.1 Å². The van der Waals surface area contributed by atoms with Crippen LogP contribution in [0.5, 0.6) is 5.75 Å². The van der Waals surface area contributed by atoms with E-state index in [1.165, 1.54) is 0 Å². The highest BCUT2D eigenvalue weighted by molar-refractivity contribution is 6.17. The summed E-state index contributed by atoms with van der Waals surface area (Å²) in [6.45, 7) is 8.19. The minimum absolute atomic E-state index is 0.138. The molecule has 4 rings (SSSR count). The summed E-state index contributed by atoms with van der Waals surface area (Å²) < 4.78 is 22.7. The molecular weight excluding hydrogens is 530 g/mol. The van der Waals surface area contributed by atoms with E-state index in [4.69, 9.17) is 30.2 Å². The number of hydrogen-bond acceptors (Lipinski definition) is 6. The highest BCUT2D eigenvalue weighted by Crippen LogP contribution is 2.34. The standard InChI is InChI=1S/C32H34ClNO6/c1-5-37-29(35)17-24-10-6-7-12-28(24)38-20-22-14-25-16-26(18-33)39-30(25)27(15-22)23-11-8-9-21(13-23)19-34-31(36)40-32(2,3)4/h6-16H,5,17-20H2,1-4H3,(H,34,36). The number of hydrogen-bond donors (Lipinski definition) is 1. The second kappa shape index (κ2) is 12.9. The van der Waals surface area contributed by atoms with Crippen LogP contribution in [-0.4, -0.2) is 24.3 Å². The van der Waals surface area contributed by atoms with E-state index in [2.05, 4.69) is 5.32 Å². The number of esters is 1. The number of furan rings is 1. The summed E-state index contributed by atoms with van der Waals surface area (Å²) in [6, 6.07) is 21.3. The minimum Gasteiger partial charge on any atom is -0.489 e. The van der Waals surface area contributed by atoms with E-state index in [9.17, 15) is 9.59 Å². The largest absolute Gasteiger partial charge is 0.489 e. The highest BCUT2D eigenvalue weighted by atomic mass is 35.5. The number of nitrogens with one attached hydrogen (secondary N) is 1. The highest BCUT2D eigenvalue weighted by Gasteiger charge is 2.17. The summed E-state index contributed by atoms with van der Waals surface area (Å²) >= 11 is 6.09. The fourth-order valence-electron chi connectivity index (χ4n) is 4.29. The molecule has 8 heteroatoms. The molecule has 0 aliphatic carbocycles. The second-order valence-corrected chi connectivity index (χ2v) is 10.6. The number of rotatable bonds is 10. The van der Waals surface area contributed by atoms with Crippen LogP contribution in [0, 0.1) is 0 Å². The van der Waals surface area contributed by atoms with Crippen LogP contribution in [0.3, 0.4) is 0 Å². The third-order valence-corrected chi connectivity index (χ3v) is 6.20. The third kappa shape index (κ3) is 7.79. The van der Waals surface area contributed by atoms with Crippen molar-refractivity contribution in [2.24, 2.45) is 0 Å². The van der Waals surface area contributed by atoms with Crippen LogP contribution in [0.25, 0.3) is 22.1 Å². The van der Waals surface area contributed by atoms with E-state index in [1.807, 2.05) is 87.5 Å². The molecule has 7 nitrogen and oxygen atoms in total. The van der Waals surface area contributed by atoms with Gasteiger partial charge in [0.1, 0.15) is 29.3 Å². The Balaban J connectivity index is 1.59. The predicted molar refractivity (Wildman–Crippen MR) is 155 cm³/mol. The van der Waals surface area contributed by atoms with Crippen molar-refractivity contribution < 1.29 is 28.2 Å². The van der Waals surface area contributed by atoms with Gasteiger partial charge in [-0.05, 0) is 74.7 Å². The normalized spacial score (nSPS) is 11.3. The molecule has 0 saturated carbocycles. The maximum atomic E-state index is 12.1. The zero-order valence-electron chi connectivity index (χ0n) is 23.2. The number of carbonyl (C=O) groups excluding carboxylic acids is 2. The number of ether oxygens (including phenoxy) is 3. The molecule has 0 saturated heterocycles. The van der Waals surface area contributed by atoms with Gasteiger partial charge >= 0.3 is 12.1 Å². The third-order valence-electron chi connectivity index (χ3n) is 5.94. The van der Waals surface area contributed by atoms with E-state index in [1.54, 1.807) is 6.92 Å². The van der Waals surface area contributed by atoms with Crippen LogP contribution in [0.4, 0.5) is 4.79 Å². The average Bonchev–Trinajstić information content (AvgIpc) is 3.34. The first-order valence-electron chi connectivity index (χ1n) is 13.2. The van der Waals surface area contributed by atoms with Gasteiger partial charge in [-0.2, -0.15) is 0 Å². The molecule has 0 aliphatic rings. The zero-order valence-corrected chi connectivity index (χ0v) is 24.0. The fourth-order valence-corrected chi connectivity index (χ4v) is 4.42. The lowest BCUT2D eigenvalue weighted by atomic mass is 9.99. The molecule has 1 amide bonds. The van der Waals surface area contributed by atoms with Crippen molar-refractivity contribution >= 4 is 34.6 Å². The van der Waals surface area contributed by atoms with E-state index in [-0.39, 0.29) is 24.9 Å². The van der Waals surface area contributed by atoms with Gasteiger partial charge < -0.3 is 23.9 Å². The number of carbonyl (C=O) groups is 2. The van der Waals surface area contributed by atoms with E-state index in [0.717, 1.165) is 38.8 Å². The number of fused-ring (bicyclic) bond motifs is 1. The van der Waals surface area contributed by atoms with Gasteiger partial charge in [-0.3, -0.25) is 4.79 Å². The zero-order chi connectivity index (χ0) is 28.7. The molecule has 0 radical (unpaired) electrons. The number of benzene rings is 3. The van der Waals surface area contributed by atoms with Crippen molar-refractivity contribution in [3.8, 4) is 16.9 Å². The Bertz CT molecular complexity index is 1490. The van der Waals surface area contributed by atoms with Crippen molar-refractivity contribution in [1.82, 2.24) is 5.32 Å². The summed E-state index contributed by atoms with van der Waals surface area (Å²) in [5.41, 5.74) is 4.56. The van der Waals surface area contributed by atoms with Gasteiger partial charge in [0.2, 0.25) is 0 Å². The van der Waals surface area contributed by atoms with Crippen molar-refractivity contribution in [2.75, 3.05) is 6.61 Å². The molecule has 1 N–H and O–H groups in total. The monoisotopic (exact) mass is 563 g/mol. The molecule has 0 fully saturated rings. The molecule has 1 aromatic heterocycles. The minimum atomic E-state index is -0.571. The Morgan fingerprint density at radius 3 is 2.52 bits per heavy atom. The molecule has 1 heterocycles. The van der Waals surface area contributed by atoms with Gasteiger partial charge in [-0.1, -0.05) is 36.4 Å². The van der Waals surface area contributed by atoms with E-state index >= 15 is 0 Å². The van der Waals surface area contributed by atoms with Crippen LogP contribution in [0.1, 0.15) is 50.1 Å². The van der Waals surface area contributed by atoms with Crippen LogP contribution in [-0.2, 0) is 39.7 Å². The summed E-state index contributed by atoms with van der Waals surface area (Å²) in [4.78, 5) is 24.2. The van der Waals surface area contributed by atoms with Gasteiger partial charge in [0.15, 0.2) is 0 Å².